The Balaban J connectivity index is 3.09. The first-order valence-electron chi connectivity index (χ1n) is 5.80. The number of esters is 1. The Bertz CT molecular complexity index is 447. The van der Waals surface area contributed by atoms with Gasteiger partial charge in [0.25, 0.3) is 0 Å². The molecule has 4 nitrogen and oxygen atoms in total. The largest absolute Gasteiger partial charge is 0.465 e. The van der Waals surface area contributed by atoms with Crippen LogP contribution >= 0.6 is 15.9 Å². The van der Waals surface area contributed by atoms with E-state index >= 15 is 0 Å². The summed E-state index contributed by atoms with van der Waals surface area (Å²) in [5.74, 6) is 0.0521. The van der Waals surface area contributed by atoms with E-state index in [4.69, 9.17) is 10.5 Å². The molecule has 100 valence electrons. The Kier molecular flexibility index (Phi) is 5.02. The molecule has 0 aliphatic heterocycles. The molecule has 0 aliphatic carbocycles. The average molecular weight is 315 g/mol. The monoisotopic (exact) mass is 314 g/mol. The van der Waals surface area contributed by atoms with E-state index in [9.17, 15) is 4.79 Å². The third-order valence-electron chi connectivity index (χ3n) is 2.93. The summed E-state index contributed by atoms with van der Waals surface area (Å²) in [6.07, 6.45) is 0. The van der Waals surface area contributed by atoms with Gasteiger partial charge in [0.2, 0.25) is 0 Å². The Hall–Kier alpha value is -1.23. The van der Waals surface area contributed by atoms with E-state index in [0.29, 0.717) is 17.2 Å². The van der Waals surface area contributed by atoms with Crippen molar-refractivity contribution in [3.05, 3.63) is 22.2 Å². The maximum Gasteiger partial charge on any atom is 0.340 e. The summed E-state index contributed by atoms with van der Waals surface area (Å²) in [5.41, 5.74) is 7.41. The van der Waals surface area contributed by atoms with Crippen LogP contribution in [0.3, 0.4) is 0 Å². The van der Waals surface area contributed by atoms with E-state index < -0.39 is 5.97 Å². The van der Waals surface area contributed by atoms with E-state index in [1.807, 2.05) is 0 Å². The highest BCUT2D eigenvalue weighted by molar-refractivity contribution is 9.10. The molecule has 0 saturated heterocycles. The third-order valence-corrected chi connectivity index (χ3v) is 3.58. The van der Waals surface area contributed by atoms with Gasteiger partial charge < -0.3 is 15.8 Å². The Labute approximate surface area is 116 Å². The summed E-state index contributed by atoms with van der Waals surface area (Å²) >= 11 is 3.44. The highest BCUT2D eigenvalue weighted by atomic mass is 79.9. The van der Waals surface area contributed by atoms with E-state index in [1.54, 1.807) is 12.1 Å². The highest BCUT2D eigenvalue weighted by Crippen LogP contribution is 2.29. The van der Waals surface area contributed by atoms with Gasteiger partial charge in [-0.15, -0.1) is 0 Å². The van der Waals surface area contributed by atoms with E-state index in [2.05, 4.69) is 42.0 Å². The van der Waals surface area contributed by atoms with E-state index in [0.717, 1.165) is 10.2 Å². The number of methoxy groups -OCH3 is 1. The number of nitrogen functional groups attached to an aromatic ring is 1. The van der Waals surface area contributed by atoms with Crippen LogP contribution in [0, 0.1) is 5.92 Å². The Morgan fingerprint density at radius 3 is 2.50 bits per heavy atom. The van der Waals surface area contributed by atoms with Gasteiger partial charge in [-0.25, -0.2) is 4.79 Å². The zero-order valence-corrected chi connectivity index (χ0v) is 12.7. The van der Waals surface area contributed by atoms with Crippen molar-refractivity contribution in [1.82, 2.24) is 0 Å². The predicted octanol–water partition coefficient (Wildman–Crippen LogP) is 3.27. The first kappa shape index (κ1) is 14.8. The number of carbonyl (C=O) groups excluding carboxylic acids is 1. The fraction of sp³-hybridized carbons (Fsp3) is 0.462. The van der Waals surface area contributed by atoms with Crippen LogP contribution in [0.4, 0.5) is 11.4 Å². The van der Waals surface area contributed by atoms with Gasteiger partial charge in [-0.3, -0.25) is 0 Å². The zero-order chi connectivity index (χ0) is 13.9. The first-order valence-corrected chi connectivity index (χ1v) is 6.60. The normalized spacial score (nSPS) is 12.3. The molecule has 0 aliphatic rings. The molecule has 1 rings (SSSR count). The Morgan fingerprint density at radius 1 is 1.39 bits per heavy atom. The second-order valence-electron chi connectivity index (χ2n) is 4.59. The topological polar surface area (TPSA) is 64.3 Å². The van der Waals surface area contributed by atoms with Crippen LogP contribution < -0.4 is 11.1 Å². The standard InChI is InChI=1S/C13H19BrN2O2/c1-7(2)8(3)16-12-5-9(13(17)18-4)11(15)6-10(12)14/h5-8,16H,15H2,1-4H3. The van der Waals surface area contributed by atoms with Crippen LogP contribution in [-0.4, -0.2) is 19.1 Å². The van der Waals surface area contributed by atoms with Crippen molar-refractivity contribution in [2.75, 3.05) is 18.2 Å². The lowest BCUT2D eigenvalue weighted by Gasteiger charge is -2.20. The van der Waals surface area contributed by atoms with Crippen molar-refractivity contribution in [3.63, 3.8) is 0 Å². The fourth-order valence-corrected chi connectivity index (χ4v) is 1.87. The van der Waals surface area contributed by atoms with Gasteiger partial charge in [0.15, 0.2) is 0 Å². The maximum absolute atomic E-state index is 11.6. The van der Waals surface area contributed by atoms with Gasteiger partial charge in [0.1, 0.15) is 0 Å². The van der Waals surface area contributed by atoms with Gasteiger partial charge in [-0.1, -0.05) is 13.8 Å². The van der Waals surface area contributed by atoms with Gasteiger partial charge >= 0.3 is 5.97 Å². The van der Waals surface area contributed by atoms with Crippen LogP contribution in [0.1, 0.15) is 31.1 Å². The summed E-state index contributed by atoms with van der Waals surface area (Å²) in [4.78, 5) is 11.6. The molecule has 0 heterocycles. The van der Waals surface area contributed by atoms with Crippen molar-refractivity contribution in [1.29, 1.82) is 0 Å². The molecular weight excluding hydrogens is 296 g/mol. The van der Waals surface area contributed by atoms with Crippen LogP contribution in [0.5, 0.6) is 0 Å². The minimum absolute atomic E-state index is 0.287. The molecule has 5 heteroatoms. The molecule has 1 aromatic rings. The second kappa shape index (κ2) is 6.09. The SMILES string of the molecule is COC(=O)c1cc(NC(C)C(C)C)c(Br)cc1N. The summed E-state index contributed by atoms with van der Waals surface area (Å²) in [5, 5.41) is 3.35. The number of halogens is 1. The number of anilines is 2. The van der Waals surface area contributed by atoms with Gasteiger partial charge in [0.05, 0.1) is 12.7 Å². The van der Waals surface area contributed by atoms with E-state index in [-0.39, 0.29) is 6.04 Å². The number of carbonyl (C=O) groups is 1. The van der Waals surface area contributed by atoms with Crippen LogP contribution in [0.15, 0.2) is 16.6 Å². The molecule has 18 heavy (non-hydrogen) atoms. The number of hydrogen-bond acceptors (Lipinski definition) is 4. The minimum Gasteiger partial charge on any atom is -0.465 e. The molecule has 0 bridgehead atoms. The maximum atomic E-state index is 11.6. The van der Waals surface area contributed by atoms with Crippen molar-refractivity contribution in [2.24, 2.45) is 5.92 Å². The number of benzene rings is 1. The fourth-order valence-electron chi connectivity index (χ4n) is 1.40. The molecule has 1 atom stereocenters. The lowest BCUT2D eigenvalue weighted by molar-refractivity contribution is 0.0602. The quantitative estimate of drug-likeness (QED) is 0.661. The predicted molar refractivity (Wildman–Crippen MR) is 77.8 cm³/mol. The molecule has 0 aromatic heterocycles. The van der Waals surface area contributed by atoms with E-state index in [1.165, 1.54) is 7.11 Å². The van der Waals surface area contributed by atoms with Crippen molar-refractivity contribution in [3.8, 4) is 0 Å². The lowest BCUT2D eigenvalue weighted by Crippen LogP contribution is -2.22. The molecule has 3 N–H and O–H groups in total. The summed E-state index contributed by atoms with van der Waals surface area (Å²) < 4.78 is 5.54. The smallest absolute Gasteiger partial charge is 0.340 e. The molecule has 0 radical (unpaired) electrons. The van der Waals surface area contributed by atoms with Gasteiger partial charge in [-0.2, -0.15) is 0 Å². The first-order chi connectivity index (χ1) is 8.36. The molecule has 0 saturated carbocycles. The Morgan fingerprint density at radius 2 is 2.00 bits per heavy atom. The van der Waals surface area contributed by atoms with Crippen molar-refractivity contribution >= 4 is 33.3 Å². The highest BCUT2D eigenvalue weighted by Gasteiger charge is 2.15. The van der Waals surface area contributed by atoms with Crippen LogP contribution in [0.25, 0.3) is 0 Å². The zero-order valence-electron chi connectivity index (χ0n) is 11.1. The number of nitrogens with two attached hydrogens (primary N) is 1. The number of nitrogens with one attached hydrogen (secondary N) is 1. The summed E-state index contributed by atoms with van der Waals surface area (Å²) in [7, 11) is 1.34. The van der Waals surface area contributed by atoms with Gasteiger partial charge in [0, 0.05) is 21.9 Å². The molecule has 0 amide bonds. The summed E-state index contributed by atoms with van der Waals surface area (Å²) in [6, 6.07) is 3.71. The van der Waals surface area contributed by atoms with Gasteiger partial charge in [-0.05, 0) is 40.9 Å². The molecule has 0 spiro atoms. The van der Waals surface area contributed by atoms with Crippen LogP contribution in [0.2, 0.25) is 0 Å². The van der Waals surface area contributed by atoms with Crippen molar-refractivity contribution in [2.45, 2.75) is 26.8 Å². The number of hydrogen-bond donors (Lipinski definition) is 2. The average Bonchev–Trinajstić information content (AvgIpc) is 2.31. The molecule has 0 fully saturated rings. The molecule has 1 aromatic carbocycles. The molecular formula is C13H19BrN2O2. The lowest BCUT2D eigenvalue weighted by atomic mass is 10.1. The minimum atomic E-state index is -0.430. The summed E-state index contributed by atoms with van der Waals surface area (Å²) in [6.45, 7) is 6.35. The second-order valence-corrected chi connectivity index (χ2v) is 5.44. The van der Waals surface area contributed by atoms with Crippen molar-refractivity contribution < 1.29 is 9.53 Å². The van der Waals surface area contributed by atoms with Crippen LogP contribution in [-0.2, 0) is 4.74 Å². The number of rotatable bonds is 4. The third kappa shape index (κ3) is 3.38. The number of ether oxygens (including phenoxy) is 1. The molecule has 1 unspecified atom stereocenters.